The van der Waals surface area contributed by atoms with Crippen LogP contribution in [-0.4, -0.2) is 42.2 Å². The van der Waals surface area contributed by atoms with Gasteiger partial charge in [0.1, 0.15) is 24.4 Å². The second-order valence-corrected chi connectivity index (χ2v) is 8.39. The number of hydrogen-bond donors (Lipinski definition) is 1. The molecule has 1 saturated heterocycles. The van der Waals surface area contributed by atoms with Crippen molar-refractivity contribution in [2.75, 3.05) is 6.61 Å². The van der Waals surface area contributed by atoms with E-state index in [4.69, 9.17) is 18.9 Å². The Labute approximate surface area is 195 Å². The highest BCUT2D eigenvalue weighted by atomic mass is 16.6. The Morgan fingerprint density at radius 3 is 1.64 bits per heavy atom. The van der Waals surface area contributed by atoms with Gasteiger partial charge in [-0.25, -0.2) is 0 Å². The van der Waals surface area contributed by atoms with E-state index in [2.05, 4.69) is 0 Å². The van der Waals surface area contributed by atoms with E-state index in [1.807, 2.05) is 97.9 Å². The number of benzene rings is 3. The highest BCUT2D eigenvalue weighted by molar-refractivity contribution is 5.15. The standard InChI is InChI=1S/C28H32O5/c1-21-26(29)28(32-19-24-15-9-4-10-16-24)27(31-18-23-13-7-3-8-14-23)25(33-21)20-30-17-22-11-5-2-6-12-22/h2-16,21,25-29H,17-20H2,1H3/t21-,25-,26+,27-,28-/m1/s1. The van der Waals surface area contributed by atoms with Gasteiger partial charge in [0, 0.05) is 0 Å². The molecule has 5 atom stereocenters. The second-order valence-electron chi connectivity index (χ2n) is 8.39. The molecule has 5 heteroatoms. The molecule has 1 N–H and O–H groups in total. The van der Waals surface area contributed by atoms with Gasteiger partial charge in [0.25, 0.3) is 0 Å². The molecule has 3 aromatic carbocycles. The van der Waals surface area contributed by atoms with Gasteiger partial charge < -0.3 is 24.1 Å². The van der Waals surface area contributed by atoms with E-state index >= 15 is 0 Å². The van der Waals surface area contributed by atoms with E-state index < -0.39 is 24.4 Å². The first-order chi connectivity index (χ1) is 16.2. The third-order valence-electron chi connectivity index (χ3n) is 5.86. The maximum atomic E-state index is 10.9. The van der Waals surface area contributed by atoms with Crippen LogP contribution in [-0.2, 0) is 38.8 Å². The molecule has 1 heterocycles. The van der Waals surface area contributed by atoms with Crippen molar-refractivity contribution < 1.29 is 24.1 Å². The van der Waals surface area contributed by atoms with Crippen molar-refractivity contribution in [1.82, 2.24) is 0 Å². The molecule has 3 aromatic rings. The van der Waals surface area contributed by atoms with Crippen LogP contribution in [0.4, 0.5) is 0 Å². The molecule has 0 spiro atoms. The van der Waals surface area contributed by atoms with Crippen LogP contribution in [0.3, 0.4) is 0 Å². The lowest BCUT2D eigenvalue weighted by Gasteiger charge is -2.43. The molecule has 0 aromatic heterocycles. The van der Waals surface area contributed by atoms with Gasteiger partial charge in [0.05, 0.1) is 32.5 Å². The molecule has 0 bridgehead atoms. The van der Waals surface area contributed by atoms with Gasteiger partial charge in [-0.05, 0) is 23.6 Å². The monoisotopic (exact) mass is 448 g/mol. The molecule has 5 nitrogen and oxygen atoms in total. The number of ether oxygens (including phenoxy) is 4. The quantitative estimate of drug-likeness (QED) is 0.494. The first-order valence-corrected chi connectivity index (χ1v) is 11.5. The van der Waals surface area contributed by atoms with Crippen molar-refractivity contribution in [2.45, 2.75) is 57.3 Å². The van der Waals surface area contributed by atoms with Crippen molar-refractivity contribution >= 4 is 0 Å². The predicted molar refractivity (Wildman–Crippen MR) is 126 cm³/mol. The van der Waals surface area contributed by atoms with Gasteiger partial charge >= 0.3 is 0 Å². The summed E-state index contributed by atoms with van der Waals surface area (Å²) in [5.41, 5.74) is 3.19. The van der Waals surface area contributed by atoms with Crippen molar-refractivity contribution in [3.8, 4) is 0 Å². The number of aliphatic hydroxyl groups excluding tert-OH is 1. The fraction of sp³-hybridized carbons (Fsp3) is 0.357. The Morgan fingerprint density at radius 2 is 1.12 bits per heavy atom. The van der Waals surface area contributed by atoms with Crippen LogP contribution in [0.15, 0.2) is 91.0 Å². The van der Waals surface area contributed by atoms with E-state index in [9.17, 15) is 5.11 Å². The average Bonchev–Trinajstić information content (AvgIpc) is 2.86. The summed E-state index contributed by atoms with van der Waals surface area (Å²) in [5.74, 6) is 0. The second kappa shape index (κ2) is 12.1. The Hall–Kier alpha value is -2.54. The largest absolute Gasteiger partial charge is 0.388 e. The van der Waals surface area contributed by atoms with Gasteiger partial charge in [0.15, 0.2) is 0 Å². The fourth-order valence-electron chi connectivity index (χ4n) is 4.04. The summed E-state index contributed by atoms with van der Waals surface area (Å²) in [4.78, 5) is 0. The Kier molecular flexibility index (Phi) is 8.64. The minimum atomic E-state index is -0.806. The summed E-state index contributed by atoms with van der Waals surface area (Å²) >= 11 is 0. The normalized spacial score (nSPS) is 25.1. The minimum Gasteiger partial charge on any atom is -0.388 e. The third kappa shape index (κ3) is 6.73. The predicted octanol–water partition coefficient (Wildman–Crippen LogP) is 4.52. The molecule has 1 aliphatic heterocycles. The zero-order valence-electron chi connectivity index (χ0n) is 19.0. The Balaban J connectivity index is 1.46. The van der Waals surface area contributed by atoms with Crippen LogP contribution >= 0.6 is 0 Å². The van der Waals surface area contributed by atoms with Gasteiger partial charge in [-0.2, -0.15) is 0 Å². The van der Waals surface area contributed by atoms with Gasteiger partial charge in [-0.15, -0.1) is 0 Å². The highest BCUT2D eigenvalue weighted by Gasteiger charge is 2.45. The van der Waals surface area contributed by atoms with Crippen LogP contribution in [0.2, 0.25) is 0 Å². The molecule has 0 aliphatic carbocycles. The summed E-state index contributed by atoms with van der Waals surface area (Å²) in [6.45, 7) is 3.48. The maximum absolute atomic E-state index is 10.9. The van der Waals surface area contributed by atoms with Crippen LogP contribution in [0.1, 0.15) is 23.6 Å². The molecule has 0 unspecified atom stereocenters. The first-order valence-electron chi connectivity index (χ1n) is 11.5. The van der Waals surface area contributed by atoms with Gasteiger partial charge in [0.2, 0.25) is 0 Å². The molecule has 1 fully saturated rings. The van der Waals surface area contributed by atoms with Crippen LogP contribution in [0, 0.1) is 0 Å². The van der Waals surface area contributed by atoms with Gasteiger partial charge in [-0.1, -0.05) is 91.0 Å². The van der Waals surface area contributed by atoms with Crippen molar-refractivity contribution in [1.29, 1.82) is 0 Å². The smallest absolute Gasteiger partial charge is 0.115 e. The number of hydrogen-bond acceptors (Lipinski definition) is 5. The topological polar surface area (TPSA) is 57.2 Å². The van der Waals surface area contributed by atoms with Crippen LogP contribution in [0.5, 0.6) is 0 Å². The first kappa shape index (κ1) is 23.6. The van der Waals surface area contributed by atoms with Crippen LogP contribution < -0.4 is 0 Å². The number of aliphatic hydroxyl groups is 1. The zero-order valence-corrected chi connectivity index (χ0v) is 19.0. The average molecular weight is 449 g/mol. The van der Waals surface area contributed by atoms with Crippen molar-refractivity contribution in [2.24, 2.45) is 0 Å². The SMILES string of the molecule is C[C@H]1O[C@H](COCc2ccccc2)[C@@H](OCc2ccccc2)[C@H](OCc2ccccc2)[C@H]1O. The molecule has 0 radical (unpaired) electrons. The Bertz CT molecular complexity index is 934. The van der Waals surface area contributed by atoms with E-state index in [1.165, 1.54) is 0 Å². The molecule has 1 aliphatic rings. The third-order valence-corrected chi connectivity index (χ3v) is 5.86. The van der Waals surface area contributed by atoms with Crippen molar-refractivity contribution in [3.05, 3.63) is 108 Å². The van der Waals surface area contributed by atoms with Gasteiger partial charge in [-0.3, -0.25) is 0 Å². The van der Waals surface area contributed by atoms with Crippen LogP contribution in [0.25, 0.3) is 0 Å². The lowest BCUT2D eigenvalue weighted by molar-refractivity contribution is -0.257. The zero-order chi connectivity index (χ0) is 22.9. The molecule has 33 heavy (non-hydrogen) atoms. The van der Waals surface area contributed by atoms with E-state index in [-0.39, 0.29) is 6.10 Å². The highest BCUT2D eigenvalue weighted by Crippen LogP contribution is 2.28. The maximum Gasteiger partial charge on any atom is 0.115 e. The molecular formula is C28H32O5. The molecule has 0 amide bonds. The summed E-state index contributed by atoms with van der Waals surface area (Å²) in [6, 6.07) is 30.0. The lowest BCUT2D eigenvalue weighted by Crippen LogP contribution is -2.59. The summed E-state index contributed by atoms with van der Waals surface area (Å²) < 4.78 is 24.7. The molecule has 0 saturated carbocycles. The number of rotatable bonds is 10. The summed E-state index contributed by atoms with van der Waals surface area (Å²) in [5, 5.41) is 10.9. The minimum absolute atomic E-state index is 0.344. The summed E-state index contributed by atoms with van der Waals surface area (Å²) in [6.07, 6.45) is -2.58. The molecular weight excluding hydrogens is 416 g/mol. The van der Waals surface area contributed by atoms with E-state index in [0.29, 0.717) is 26.4 Å². The molecule has 174 valence electrons. The lowest BCUT2D eigenvalue weighted by atomic mass is 9.95. The van der Waals surface area contributed by atoms with E-state index in [0.717, 1.165) is 16.7 Å². The summed E-state index contributed by atoms with van der Waals surface area (Å²) in [7, 11) is 0. The molecule has 4 rings (SSSR count). The fourth-order valence-corrected chi connectivity index (χ4v) is 4.04. The van der Waals surface area contributed by atoms with E-state index in [1.54, 1.807) is 0 Å². The Morgan fingerprint density at radius 1 is 0.667 bits per heavy atom. The van der Waals surface area contributed by atoms with Crippen molar-refractivity contribution in [3.63, 3.8) is 0 Å².